The van der Waals surface area contributed by atoms with E-state index in [1.54, 1.807) is 24.3 Å². The molecule has 0 unspecified atom stereocenters. The van der Waals surface area contributed by atoms with E-state index in [0.717, 1.165) is 18.4 Å². The summed E-state index contributed by atoms with van der Waals surface area (Å²) in [5.74, 6) is 0. The van der Waals surface area contributed by atoms with Crippen LogP contribution in [0.25, 0.3) is 0 Å². The maximum absolute atomic E-state index is 11.6. The lowest BCUT2D eigenvalue weighted by Gasteiger charge is -2.06. The Bertz CT molecular complexity index is 482. The minimum atomic E-state index is -3.16. The Morgan fingerprint density at radius 3 is 2.29 bits per heavy atom. The fourth-order valence-electron chi connectivity index (χ4n) is 1.49. The van der Waals surface area contributed by atoms with Gasteiger partial charge in [0, 0.05) is 6.54 Å². The molecule has 1 aliphatic rings. The summed E-state index contributed by atoms with van der Waals surface area (Å²) in [4.78, 5) is 0. The van der Waals surface area contributed by atoms with Gasteiger partial charge in [-0.05, 0) is 23.9 Å². The molecule has 17 heavy (non-hydrogen) atoms. The Labute approximate surface area is 101 Å². The van der Waals surface area contributed by atoms with Crippen molar-refractivity contribution in [2.24, 2.45) is 0 Å². The van der Waals surface area contributed by atoms with Crippen molar-refractivity contribution in [1.82, 2.24) is 4.72 Å². The highest BCUT2D eigenvalue weighted by atomic mass is 32.2. The molecular weight excluding hydrogens is 241 g/mol. The average molecular weight is 255 g/mol. The predicted molar refractivity (Wildman–Crippen MR) is 65.0 cm³/mol. The molecule has 0 aromatic heterocycles. The maximum Gasteiger partial charge on any atom is 0.488 e. The van der Waals surface area contributed by atoms with E-state index in [9.17, 15) is 8.42 Å². The van der Waals surface area contributed by atoms with Crippen LogP contribution in [0.5, 0.6) is 0 Å². The molecule has 1 aliphatic carbocycles. The molecule has 0 bridgehead atoms. The van der Waals surface area contributed by atoms with Gasteiger partial charge in [0.15, 0.2) is 0 Å². The van der Waals surface area contributed by atoms with E-state index in [0.29, 0.717) is 5.46 Å². The van der Waals surface area contributed by atoms with Crippen molar-refractivity contribution in [2.45, 2.75) is 24.6 Å². The van der Waals surface area contributed by atoms with E-state index < -0.39 is 17.1 Å². The van der Waals surface area contributed by atoms with Crippen LogP contribution in [0, 0.1) is 0 Å². The van der Waals surface area contributed by atoms with Crippen LogP contribution < -0.4 is 10.2 Å². The number of sulfonamides is 1. The van der Waals surface area contributed by atoms with Gasteiger partial charge in [-0.3, -0.25) is 0 Å². The first-order chi connectivity index (χ1) is 7.99. The van der Waals surface area contributed by atoms with Gasteiger partial charge in [0.25, 0.3) is 0 Å². The normalized spacial score (nSPS) is 15.9. The predicted octanol–water partition coefficient (Wildman–Crippen LogP) is -1.05. The van der Waals surface area contributed by atoms with Gasteiger partial charge in [-0.2, -0.15) is 0 Å². The van der Waals surface area contributed by atoms with Crippen LogP contribution in [0.1, 0.15) is 18.4 Å². The standard InChI is InChI=1S/C10H14BNO4S/c13-11(14)9-3-1-8(2-4-9)7-12-17(15,16)10-5-6-10/h1-4,10,12-14H,5-7H2. The molecule has 0 radical (unpaired) electrons. The highest BCUT2D eigenvalue weighted by Gasteiger charge is 2.35. The molecule has 1 fully saturated rings. The van der Waals surface area contributed by atoms with E-state index in [-0.39, 0.29) is 11.8 Å². The first-order valence-corrected chi connectivity index (χ1v) is 6.97. The number of nitrogens with one attached hydrogen (secondary N) is 1. The topological polar surface area (TPSA) is 86.6 Å². The van der Waals surface area contributed by atoms with Crippen LogP contribution in [0.4, 0.5) is 0 Å². The summed E-state index contributed by atoms with van der Waals surface area (Å²) in [5, 5.41) is 17.6. The summed E-state index contributed by atoms with van der Waals surface area (Å²) in [5.41, 5.74) is 1.18. The summed E-state index contributed by atoms with van der Waals surface area (Å²) < 4.78 is 25.6. The summed E-state index contributed by atoms with van der Waals surface area (Å²) in [6.07, 6.45) is 1.48. The minimum absolute atomic E-state index is 0.221. The van der Waals surface area contributed by atoms with Gasteiger partial charge in [-0.1, -0.05) is 24.3 Å². The van der Waals surface area contributed by atoms with Crippen LogP contribution in [0.15, 0.2) is 24.3 Å². The van der Waals surface area contributed by atoms with Gasteiger partial charge in [0.1, 0.15) is 0 Å². The first-order valence-electron chi connectivity index (χ1n) is 5.42. The van der Waals surface area contributed by atoms with Gasteiger partial charge in [0.2, 0.25) is 10.0 Å². The Morgan fingerprint density at radius 1 is 1.24 bits per heavy atom. The zero-order chi connectivity index (χ0) is 12.5. The third kappa shape index (κ3) is 3.29. The first kappa shape index (κ1) is 12.6. The lowest BCUT2D eigenvalue weighted by Crippen LogP contribution is -2.30. The smallest absolute Gasteiger partial charge is 0.423 e. The van der Waals surface area contributed by atoms with Gasteiger partial charge in [0.05, 0.1) is 5.25 Å². The molecule has 0 atom stereocenters. The number of rotatable bonds is 5. The number of benzene rings is 1. The number of hydrogen-bond donors (Lipinski definition) is 3. The summed E-state index contributed by atoms with van der Waals surface area (Å²) in [6.45, 7) is 0.237. The molecular formula is C10H14BNO4S. The minimum Gasteiger partial charge on any atom is -0.423 e. The van der Waals surface area contributed by atoms with Crippen LogP contribution in [0.2, 0.25) is 0 Å². The van der Waals surface area contributed by atoms with Crippen molar-refractivity contribution >= 4 is 22.6 Å². The fraction of sp³-hybridized carbons (Fsp3) is 0.400. The highest BCUT2D eigenvalue weighted by molar-refractivity contribution is 7.90. The van der Waals surface area contributed by atoms with Crippen LogP contribution in [-0.4, -0.2) is 30.8 Å². The van der Waals surface area contributed by atoms with E-state index in [1.165, 1.54) is 0 Å². The highest BCUT2D eigenvalue weighted by Crippen LogP contribution is 2.27. The fourth-order valence-corrected chi connectivity index (χ4v) is 2.85. The molecule has 0 heterocycles. The van der Waals surface area contributed by atoms with Crippen molar-refractivity contribution in [3.63, 3.8) is 0 Å². The molecule has 0 spiro atoms. The third-order valence-electron chi connectivity index (χ3n) is 2.72. The Balaban J connectivity index is 1.95. The van der Waals surface area contributed by atoms with E-state index in [2.05, 4.69) is 4.72 Å². The zero-order valence-electron chi connectivity index (χ0n) is 9.20. The van der Waals surface area contributed by atoms with Crippen molar-refractivity contribution in [3.8, 4) is 0 Å². The van der Waals surface area contributed by atoms with Gasteiger partial charge in [-0.15, -0.1) is 0 Å². The molecule has 1 aromatic rings. The molecule has 0 saturated heterocycles. The SMILES string of the molecule is O=S(=O)(NCc1ccc(B(O)O)cc1)C1CC1. The van der Waals surface area contributed by atoms with E-state index >= 15 is 0 Å². The molecule has 1 aromatic carbocycles. The second-order valence-electron chi connectivity index (χ2n) is 4.18. The van der Waals surface area contributed by atoms with E-state index in [1.807, 2.05) is 0 Å². The zero-order valence-corrected chi connectivity index (χ0v) is 10.0. The van der Waals surface area contributed by atoms with Crippen LogP contribution >= 0.6 is 0 Å². The summed E-state index contributed by atoms with van der Waals surface area (Å²) in [7, 11) is -4.65. The summed E-state index contributed by atoms with van der Waals surface area (Å²) in [6, 6.07) is 6.46. The Hall–Kier alpha value is -0.885. The second-order valence-corrected chi connectivity index (χ2v) is 6.23. The van der Waals surface area contributed by atoms with Crippen molar-refractivity contribution in [2.75, 3.05) is 0 Å². The lowest BCUT2D eigenvalue weighted by molar-refractivity contribution is 0.426. The van der Waals surface area contributed by atoms with Crippen molar-refractivity contribution in [3.05, 3.63) is 29.8 Å². The van der Waals surface area contributed by atoms with Crippen LogP contribution in [0.3, 0.4) is 0 Å². The quantitative estimate of drug-likeness (QED) is 0.586. The third-order valence-corrected chi connectivity index (χ3v) is 4.61. The van der Waals surface area contributed by atoms with Gasteiger partial charge in [-0.25, -0.2) is 13.1 Å². The Kier molecular flexibility index (Phi) is 3.53. The maximum atomic E-state index is 11.6. The summed E-state index contributed by atoms with van der Waals surface area (Å²) >= 11 is 0. The lowest BCUT2D eigenvalue weighted by atomic mass is 9.80. The monoisotopic (exact) mass is 255 g/mol. The molecule has 0 aliphatic heterocycles. The molecule has 92 valence electrons. The van der Waals surface area contributed by atoms with Crippen LogP contribution in [-0.2, 0) is 16.6 Å². The number of hydrogen-bond acceptors (Lipinski definition) is 4. The van der Waals surface area contributed by atoms with Crippen molar-refractivity contribution < 1.29 is 18.5 Å². The molecule has 1 saturated carbocycles. The Morgan fingerprint density at radius 2 is 1.82 bits per heavy atom. The molecule has 7 heteroatoms. The van der Waals surface area contributed by atoms with Gasteiger partial charge < -0.3 is 10.0 Å². The average Bonchev–Trinajstić information content (AvgIpc) is 3.11. The van der Waals surface area contributed by atoms with Gasteiger partial charge >= 0.3 is 7.12 Å². The molecule has 2 rings (SSSR count). The molecule has 5 nitrogen and oxygen atoms in total. The molecule has 0 amide bonds. The molecule has 3 N–H and O–H groups in total. The largest absolute Gasteiger partial charge is 0.488 e. The van der Waals surface area contributed by atoms with E-state index in [4.69, 9.17) is 10.0 Å². The second kappa shape index (κ2) is 4.77. The van der Waals surface area contributed by atoms with Crippen molar-refractivity contribution in [1.29, 1.82) is 0 Å².